The molecule has 0 aliphatic rings. The molecule has 1 amide bonds. The number of hydrogen-bond donors (Lipinski definition) is 2. The van der Waals surface area contributed by atoms with E-state index in [9.17, 15) is 18.3 Å². The summed E-state index contributed by atoms with van der Waals surface area (Å²) in [6, 6.07) is 3.15. The molecule has 0 aromatic carbocycles. The molecule has 0 bridgehead atoms. The fraction of sp³-hybridized carbons (Fsp3) is 0.583. The van der Waals surface area contributed by atoms with Crippen LogP contribution in [0.4, 0.5) is 0 Å². The molecule has 2 N–H and O–H groups in total. The molecular weight excluding hydrogens is 316 g/mol. The zero-order valence-corrected chi connectivity index (χ0v) is 13.6. The zero-order valence-electron chi connectivity index (χ0n) is 12.0. The summed E-state index contributed by atoms with van der Waals surface area (Å²) in [5, 5.41) is 11.2. The number of methoxy groups -OCH3 is 1. The number of carbonyl (C=O) groups is 1. The Kier molecular flexibility index (Phi) is 7.26. The number of aliphatic hydroxyl groups excluding tert-OH is 1. The molecule has 0 saturated carbocycles. The number of ether oxygens (including phenoxy) is 1. The van der Waals surface area contributed by atoms with Crippen molar-refractivity contribution in [2.75, 3.05) is 33.9 Å². The molecule has 0 spiro atoms. The van der Waals surface area contributed by atoms with Crippen LogP contribution in [0.3, 0.4) is 0 Å². The van der Waals surface area contributed by atoms with Crippen LogP contribution in [0.25, 0.3) is 0 Å². The van der Waals surface area contributed by atoms with Gasteiger partial charge in [0.1, 0.15) is 4.21 Å². The van der Waals surface area contributed by atoms with Crippen LogP contribution in [0.1, 0.15) is 6.42 Å². The van der Waals surface area contributed by atoms with Crippen LogP contribution in [0, 0.1) is 0 Å². The van der Waals surface area contributed by atoms with Gasteiger partial charge in [0.2, 0.25) is 15.9 Å². The molecule has 0 fully saturated rings. The second-order valence-electron chi connectivity index (χ2n) is 4.46. The van der Waals surface area contributed by atoms with Crippen molar-refractivity contribution in [2.45, 2.75) is 16.7 Å². The van der Waals surface area contributed by atoms with E-state index in [1.54, 1.807) is 18.5 Å². The molecule has 1 rings (SSSR count). The standard InChI is InChI=1S/C12H20N2O5S2/c1-14(8-10(15)9-19-2)11(16)5-6-13-21(17,18)12-4-3-7-20-12/h3-4,7,10,13,15H,5-6,8-9H2,1-2H3. The maximum atomic E-state index is 11.8. The van der Waals surface area contributed by atoms with Crippen molar-refractivity contribution in [3.8, 4) is 0 Å². The molecule has 1 atom stereocenters. The summed E-state index contributed by atoms with van der Waals surface area (Å²) in [6.45, 7) is 0.302. The molecule has 0 saturated heterocycles. The van der Waals surface area contributed by atoms with Crippen molar-refractivity contribution < 1.29 is 23.1 Å². The Hall–Kier alpha value is -1.00. The Morgan fingerprint density at radius 3 is 2.86 bits per heavy atom. The highest BCUT2D eigenvalue weighted by Crippen LogP contribution is 2.15. The molecule has 1 aromatic heterocycles. The molecule has 0 aliphatic heterocycles. The summed E-state index contributed by atoms with van der Waals surface area (Å²) in [5.41, 5.74) is 0. The van der Waals surface area contributed by atoms with E-state index in [-0.39, 0.29) is 36.2 Å². The molecular formula is C12H20N2O5S2. The lowest BCUT2D eigenvalue weighted by molar-refractivity contribution is -0.131. The Bertz CT molecular complexity index is 530. The van der Waals surface area contributed by atoms with Crippen LogP contribution in [-0.2, 0) is 19.6 Å². The number of aliphatic hydroxyl groups is 1. The van der Waals surface area contributed by atoms with Gasteiger partial charge >= 0.3 is 0 Å². The lowest BCUT2D eigenvalue weighted by Crippen LogP contribution is -2.38. The lowest BCUT2D eigenvalue weighted by atomic mass is 10.3. The number of sulfonamides is 1. The maximum Gasteiger partial charge on any atom is 0.250 e. The average Bonchev–Trinajstić information content (AvgIpc) is 2.93. The first-order valence-corrected chi connectivity index (χ1v) is 8.67. The van der Waals surface area contributed by atoms with Gasteiger partial charge in [-0.2, -0.15) is 0 Å². The molecule has 9 heteroatoms. The molecule has 7 nitrogen and oxygen atoms in total. The van der Waals surface area contributed by atoms with Gasteiger partial charge in [0.25, 0.3) is 0 Å². The smallest absolute Gasteiger partial charge is 0.250 e. The Labute approximate surface area is 128 Å². The molecule has 1 aromatic rings. The number of likely N-dealkylation sites (N-methyl/N-ethyl adjacent to an activating group) is 1. The third-order valence-corrected chi connectivity index (χ3v) is 5.52. The SMILES string of the molecule is COCC(O)CN(C)C(=O)CCNS(=O)(=O)c1cccs1. The van der Waals surface area contributed by atoms with E-state index in [4.69, 9.17) is 4.74 Å². The van der Waals surface area contributed by atoms with Gasteiger partial charge in [-0.3, -0.25) is 4.79 Å². The zero-order chi connectivity index (χ0) is 15.9. The number of nitrogens with one attached hydrogen (secondary N) is 1. The quantitative estimate of drug-likeness (QED) is 0.655. The lowest BCUT2D eigenvalue weighted by Gasteiger charge is -2.20. The van der Waals surface area contributed by atoms with Crippen molar-refractivity contribution in [3.63, 3.8) is 0 Å². The van der Waals surface area contributed by atoms with Crippen LogP contribution >= 0.6 is 11.3 Å². The minimum Gasteiger partial charge on any atom is -0.389 e. The monoisotopic (exact) mass is 336 g/mol. The van der Waals surface area contributed by atoms with E-state index in [0.717, 1.165) is 11.3 Å². The van der Waals surface area contributed by atoms with Crippen LogP contribution in [-0.4, -0.2) is 64.3 Å². The molecule has 0 radical (unpaired) electrons. The summed E-state index contributed by atoms with van der Waals surface area (Å²) in [5.74, 6) is -0.251. The largest absolute Gasteiger partial charge is 0.389 e. The van der Waals surface area contributed by atoms with Crippen LogP contribution in [0.15, 0.2) is 21.7 Å². The Morgan fingerprint density at radius 2 is 2.29 bits per heavy atom. The van der Waals surface area contributed by atoms with E-state index in [1.165, 1.54) is 18.1 Å². The third kappa shape index (κ3) is 6.10. The van der Waals surface area contributed by atoms with Crippen molar-refractivity contribution in [2.24, 2.45) is 0 Å². The van der Waals surface area contributed by atoms with Gasteiger partial charge in [-0.1, -0.05) is 6.07 Å². The number of nitrogens with zero attached hydrogens (tertiary/aromatic N) is 1. The second kappa shape index (κ2) is 8.44. The summed E-state index contributed by atoms with van der Waals surface area (Å²) >= 11 is 1.12. The molecule has 21 heavy (non-hydrogen) atoms. The fourth-order valence-electron chi connectivity index (χ4n) is 1.63. The Balaban J connectivity index is 2.36. The van der Waals surface area contributed by atoms with Crippen molar-refractivity contribution >= 4 is 27.3 Å². The van der Waals surface area contributed by atoms with Gasteiger partial charge in [-0.25, -0.2) is 13.1 Å². The second-order valence-corrected chi connectivity index (χ2v) is 7.40. The molecule has 1 heterocycles. The number of rotatable bonds is 9. The summed E-state index contributed by atoms with van der Waals surface area (Å²) in [7, 11) is -0.528. The Morgan fingerprint density at radius 1 is 1.57 bits per heavy atom. The van der Waals surface area contributed by atoms with Crippen LogP contribution in [0.2, 0.25) is 0 Å². The van der Waals surface area contributed by atoms with E-state index < -0.39 is 16.1 Å². The first kappa shape index (κ1) is 18.1. The van der Waals surface area contributed by atoms with Crippen LogP contribution in [0.5, 0.6) is 0 Å². The van der Waals surface area contributed by atoms with Gasteiger partial charge in [0.05, 0.1) is 12.7 Å². The van der Waals surface area contributed by atoms with Gasteiger partial charge in [-0.15, -0.1) is 11.3 Å². The van der Waals surface area contributed by atoms with Gasteiger partial charge in [-0.05, 0) is 11.4 Å². The maximum absolute atomic E-state index is 11.8. The van der Waals surface area contributed by atoms with Crippen LogP contribution < -0.4 is 4.72 Å². The first-order valence-electron chi connectivity index (χ1n) is 6.31. The number of thiophene rings is 1. The highest BCUT2D eigenvalue weighted by Gasteiger charge is 2.17. The number of amides is 1. The van der Waals surface area contributed by atoms with E-state index in [1.807, 2.05) is 0 Å². The van der Waals surface area contributed by atoms with E-state index in [0.29, 0.717) is 0 Å². The van der Waals surface area contributed by atoms with Crippen molar-refractivity contribution in [1.29, 1.82) is 0 Å². The topological polar surface area (TPSA) is 95.9 Å². The van der Waals surface area contributed by atoms with Gasteiger partial charge in [0, 0.05) is 33.7 Å². The molecule has 120 valence electrons. The number of hydrogen-bond acceptors (Lipinski definition) is 6. The minimum absolute atomic E-state index is 0.0176. The van der Waals surface area contributed by atoms with E-state index >= 15 is 0 Å². The normalized spacial score (nSPS) is 13.1. The highest BCUT2D eigenvalue weighted by molar-refractivity contribution is 7.91. The summed E-state index contributed by atoms with van der Waals surface area (Å²) < 4.78 is 31.0. The average molecular weight is 336 g/mol. The van der Waals surface area contributed by atoms with Crippen molar-refractivity contribution in [3.05, 3.63) is 17.5 Å². The fourth-order valence-corrected chi connectivity index (χ4v) is 3.70. The highest BCUT2D eigenvalue weighted by atomic mass is 32.2. The van der Waals surface area contributed by atoms with E-state index in [2.05, 4.69) is 4.72 Å². The number of carbonyl (C=O) groups excluding carboxylic acids is 1. The molecule has 1 unspecified atom stereocenters. The first-order chi connectivity index (χ1) is 9.86. The third-order valence-electron chi connectivity index (χ3n) is 2.66. The minimum atomic E-state index is -3.54. The molecule has 0 aliphatic carbocycles. The van der Waals surface area contributed by atoms with Gasteiger partial charge in [0.15, 0.2) is 0 Å². The van der Waals surface area contributed by atoms with Crippen molar-refractivity contribution in [1.82, 2.24) is 9.62 Å². The summed E-state index contributed by atoms with van der Waals surface area (Å²) in [4.78, 5) is 13.1. The predicted molar refractivity (Wildman–Crippen MR) is 79.6 cm³/mol. The summed E-state index contributed by atoms with van der Waals surface area (Å²) in [6.07, 6.45) is -0.729. The van der Waals surface area contributed by atoms with Gasteiger partial charge < -0.3 is 14.7 Å². The predicted octanol–water partition coefficient (Wildman–Crippen LogP) is -0.118.